The quantitative estimate of drug-likeness (QED) is 0.554. The van der Waals surface area contributed by atoms with Crippen LogP contribution in [-0.2, 0) is 4.79 Å². The van der Waals surface area contributed by atoms with E-state index in [1.54, 1.807) is 0 Å². The molecule has 1 aromatic carbocycles. The van der Waals surface area contributed by atoms with Gasteiger partial charge in [0.2, 0.25) is 5.91 Å². The van der Waals surface area contributed by atoms with Gasteiger partial charge in [-0.25, -0.2) is 9.97 Å². The number of nitrogens with zero attached hydrogens (tertiary/aromatic N) is 2. The largest absolute Gasteiger partial charge is 0.383 e. The van der Waals surface area contributed by atoms with Crippen LogP contribution in [0, 0.1) is 0 Å². The van der Waals surface area contributed by atoms with E-state index in [0.29, 0.717) is 23.2 Å². The van der Waals surface area contributed by atoms with E-state index in [4.69, 9.17) is 11.5 Å². The predicted octanol–water partition coefficient (Wildman–Crippen LogP) is 2.39. The molecule has 0 aliphatic rings. The monoisotopic (exact) mass is 331 g/mol. The number of carbonyl (C=O) groups is 1. The first-order chi connectivity index (χ1) is 11.0. The van der Waals surface area contributed by atoms with Crippen molar-refractivity contribution in [3.63, 3.8) is 0 Å². The molecule has 1 amide bonds. The second-order valence-electron chi connectivity index (χ2n) is 5.16. The molecule has 1 aromatic heterocycles. The molecular weight excluding hydrogens is 310 g/mol. The van der Waals surface area contributed by atoms with Gasteiger partial charge in [-0.1, -0.05) is 49.0 Å². The fraction of sp³-hybridized carbons (Fsp3) is 0.312. The van der Waals surface area contributed by atoms with E-state index in [0.717, 1.165) is 5.56 Å². The number of anilines is 2. The number of nitrogens with two attached hydrogens (primary N) is 2. The lowest BCUT2D eigenvalue weighted by molar-refractivity contribution is -0.121. The summed E-state index contributed by atoms with van der Waals surface area (Å²) in [5.41, 5.74) is 12.4. The van der Waals surface area contributed by atoms with E-state index in [1.807, 2.05) is 44.2 Å². The standard InChI is InChI=1S/C16H21N5OS/c1-3-12(23-16-20-13(17)9-14(18)21-16)15(22)19-10(2)11-7-5-4-6-8-11/h4-10,12H,3H2,1-2H3,(H,19,22)(H4,17,18,20,21)/t10-,12+/m0/s1. The lowest BCUT2D eigenvalue weighted by Gasteiger charge is -2.19. The van der Waals surface area contributed by atoms with E-state index in [-0.39, 0.29) is 17.2 Å². The Balaban J connectivity index is 2.03. The minimum Gasteiger partial charge on any atom is -0.383 e. The molecule has 6 nitrogen and oxygen atoms in total. The minimum absolute atomic E-state index is 0.0570. The van der Waals surface area contributed by atoms with Crippen molar-refractivity contribution in [2.75, 3.05) is 11.5 Å². The molecule has 0 fully saturated rings. The zero-order chi connectivity index (χ0) is 16.8. The Labute approximate surface area is 140 Å². The summed E-state index contributed by atoms with van der Waals surface area (Å²) in [7, 11) is 0. The van der Waals surface area contributed by atoms with E-state index < -0.39 is 0 Å². The summed E-state index contributed by atoms with van der Waals surface area (Å²) in [5, 5.41) is 3.13. The number of carbonyl (C=O) groups excluding carboxylic acids is 1. The third-order valence-electron chi connectivity index (χ3n) is 3.31. The summed E-state index contributed by atoms with van der Waals surface area (Å²) >= 11 is 1.27. The second kappa shape index (κ2) is 7.82. The fourth-order valence-corrected chi connectivity index (χ4v) is 3.01. The van der Waals surface area contributed by atoms with Gasteiger partial charge in [-0.15, -0.1) is 0 Å². The first-order valence-electron chi connectivity index (χ1n) is 7.41. The molecule has 0 spiro atoms. The Morgan fingerprint density at radius 3 is 2.39 bits per heavy atom. The minimum atomic E-state index is -0.303. The Bertz CT molecular complexity index is 645. The van der Waals surface area contributed by atoms with Crippen molar-refractivity contribution >= 4 is 29.3 Å². The van der Waals surface area contributed by atoms with Crippen molar-refractivity contribution in [2.24, 2.45) is 0 Å². The molecule has 1 heterocycles. The van der Waals surface area contributed by atoms with Crippen LogP contribution in [0.4, 0.5) is 11.6 Å². The highest BCUT2D eigenvalue weighted by Crippen LogP contribution is 2.25. The lowest BCUT2D eigenvalue weighted by Crippen LogP contribution is -2.34. The van der Waals surface area contributed by atoms with Crippen molar-refractivity contribution in [1.29, 1.82) is 0 Å². The average Bonchev–Trinajstić information content (AvgIpc) is 2.52. The Morgan fingerprint density at radius 2 is 1.83 bits per heavy atom. The molecule has 2 aromatic rings. The SMILES string of the molecule is CC[C@@H](Sc1nc(N)cc(N)n1)C(=O)N[C@@H](C)c1ccccc1. The summed E-state index contributed by atoms with van der Waals surface area (Å²) in [5.74, 6) is 0.541. The molecule has 0 saturated carbocycles. The third-order valence-corrected chi connectivity index (χ3v) is 4.54. The van der Waals surface area contributed by atoms with Crippen LogP contribution in [-0.4, -0.2) is 21.1 Å². The first kappa shape index (κ1) is 17.1. The van der Waals surface area contributed by atoms with Gasteiger partial charge in [-0.2, -0.15) is 0 Å². The lowest BCUT2D eigenvalue weighted by atomic mass is 10.1. The molecule has 0 unspecified atom stereocenters. The van der Waals surface area contributed by atoms with Crippen molar-refractivity contribution in [3.8, 4) is 0 Å². The molecule has 2 atom stereocenters. The number of rotatable bonds is 6. The second-order valence-corrected chi connectivity index (χ2v) is 6.33. The summed E-state index contributed by atoms with van der Waals surface area (Å²) < 4.78 is 0. The first-order valence-corrected chi connectivity index (χ1v) is 8.29. The van der Waals surface area contributed by atoms with Crippen LogP contribution in [0.15, 0.2) is 41.6 Å². The highest BCUT2D eigenvalue weighted by Gasteiger charge is 2.21. The highest BCUT2D eigenvalue weighted by molar-refractivity contribution is 8.00. The number of nitrogen functional groups attached to an aromatic ring is 2. The zero-order valence-electron chi connectivity index (χ0n) is 13.2. The van der Waals surface area contributed by atoms with Gasteiger partial charge in [0.1, 0.15) is 11.6 Å². The zero-order valence-corrected chi connectivity index (χ0v) is 14.0. The number of aromatic nitrogens is 2. The van der Waals surface area contributed by atoms with Gasteiger partial charge < -0.3 is 16.8 Å². The van der Waals surface area contributed by atoms with E-state index in [9.17, 15) is 4.79 Å². The van der Waals surface area contributed by atoms with Crippen LogP contribution < -0.4 is 16.8 Å². The molecule has 2 rings (SSSR count). The summed E-state index contributed by atoms with van der Waals surface area (Å²) in [6, 6.07) is 11.2. The summed E-state index contributed by atoms with van der Waals surface area (Å²) in [6.07, 6.45) is 0.649. The smallest absolute Gasteiger partial charge is 0.234 e. The molecule has 7 heteroatoms. The summed E-state index contributed by atoms with van der Waals surface area (Å²) in [6.45, 7) is 3.90. The average molecular weight is 331 g/mol. The number of benzene rings is 1. The Hall–Kier alpha value is -2.28. The predicted molar refractivity (Wildman–Crippen MR) is 93.8 cm³/mol. The van der Waals surface area contributed by atoms with Gasteiger partial charge in [0.05, 0.1) is 11.3 Å². The number of hydrogen-bond donors (Lipinski definition) is 3. The Kier molecular flexibility index (Phi) is 5.81. The van der Waals surface area contributed by atoms with Gasteiger partial charge >= 0.3 is 0 Å². The normalized spacial score (nSPS) is 13.3. The van der Waals surface area contributed by atoms with Gasteiger partial charge in [0.25, 0.3) is 0 Å². The highest BCUT2D eigenvalue weighted by atomic mass is 32.2. The molecular formula is C16H21N5OS. The van der Waals surface area contributed by atoms with Crippen molar-refractivity contribution in [1.82, 2.24) is 15.3 Å². The number of thioether (sulfide) groups is 1. The maximum Gasteiger partial charge on any atom is 0.234 e. The van der Waals surface area contributed by atoms with Crippen molar-refractivity contribution < 1.29 is 4.79 Å². The van der Waals surface area contributed by atoms with E-state index >= 15 is 0 Å². The maximum atomic E-state index is 12.5. The van der Waals surface area contributed by atoms with Crippen LogP contribution in [0.25, 0.3) is 0 Å². The molecule has 5 N–H and O–H groups in total. The third kappa shape index (κ3) is 4.85. The van der Waals surface area contributed by atoms with Gasteiger partial charge in [-0.3, -0.25) is 4.79 Å². The molecule has 0 radical (unpaired) electrons. The maximum absolute atomic E-state index is 12.5. The molecule has 0 bridgehead atoms. The topological polar surface area (TPSA) is 107 Å². The Morgan fingerprint density at radius 1 is 1.22 bits per heavy atom. The molecule has 0 aliphatic heterocycles. The van der Waals surface area contributed by atoms with Crippen LogP contribution in [0.3, 0.4) is 0 Å². The summed E-state index contributed by atoms with van der Waals surface area (Å²) in [4.78, 5) is 20.7. The van der Waals surface area contributed by atoms with Crippen molar-refractivity contribution in [2.45, 2.75) is 36.7 Å². The fourth-order valence-electron chi connectivity index (χ4n) is 2.10. The van der Waals surface area contributed by atoms with E-state index in [1.165, 1.54) is 17.8 Å². The van der Waals surface area contributed by atoms with Crippen LogP contribution in [0.1, 0.15) is 31.9 Å². The van der Waals surface area contributed by atoms with Crippen LogP contribution >= 0.6 is 11.8 Å². The molecule has 0 aliphatic carbocycles. The number of hydrogen-bond acceptors (Lipinski definition) is 6. The van der Waals surface area contributed by atoms with Crippen LogP contribution in [0.5, 0.6) is 0 Å². The molecule has 0 saturated heterocycles. The number of amides is 1. The van der Waals surface area contributed by atoms with Gasteiger partial charge in [-0.05, 0) is 18.9 Å². The van der Waals surface area contributed by atoms with E-state index in [2.05, 4.69) is 15.3 Å². The molecule has 122 valence electrons. The number of nitrogens with one attached hydrogen (secondary N) is 1. The molecule has 23 heavy (non-hydrogen) atoms. The van der Waals surface area contributed by atoms with Crippen LogP contribution in [0.2, 0.25) is 0 Å². The van der Waals surface area contributed by atoms with Crippen molar-refractivity contribution in [3.05, 3.63) is 42.0 Å². The van der Waals surface area contributed by atoms with Gasteiger partial charge in [0, 0.05) is 6.07 Å². The van der Waals surface area contributed by atoms with Gasteiger partial charge in [0.15, 0.2) is 5.16 Å².